The van der Waals surface area contributed by atoms with Crippen LogP contribution in [0.4, 0.5) is 14.6 Å². The van der Waals surface area contributed by atoms with Crippen LogP contribution in [0.5, 0.6) is 0 Å². The summed E-state index contributed by atoms with van der Waals surface area (Å²) in [5.74, 6) is -0.380. The van der Waals surface area contributed by atoms with Gasteiger partial charge in [0.25, 0.3) is 5.91 Å². The van der Waals surface area contributed by atoms with Crippen molar-refractivity contribution in [3.63, 3.8) is 0 Å². The first-order valence-corrected chi connectivity index (χ1v) is 11.0. The first-order valence-electron chi connectivity index (χ1n) is 11.0. The SMILES string of the molecule is Cc1ccc(N2CCC3(CC2)O[C@@H]2CC[C@@H](c4cc(F)cc(F)c4)N2C3=O)n2ncnc12. The van der Waals surface area contributed by atoms with Gasteiger partial charge >= 0.3 is 0 Å². The zero-order valence-corrected chi connectivity index (χ0v) is 17.7. The average Bonchev–Trinajstić information content (AvgIpc) is 3.46. The second-order valence-corrected chi connectivity index (χ2v) is 8.93. The standard InChI is InChI=1S/C23H23F2N5O2/c1-14-2-4-19(30-21(14)26-13-27-30)28-8-6-23(7-9-28)22(31)29-18(3-5-20(29)32-23)15-10-16(24)12-17(25)11-15/h2,4,10-13,18,20H,3,5-9H2,1H3/t18-,20+/m0/s1. The summed E-state index contributed by atoms with van der Waals surface area (Å²) in [6.07, 6.45) is 3.60. The Bertz CT molecular complexity index is 1200. The van der Waals surface area contributed by atoms with Gasteiger partial charge in [0.1, 0.15) is 30.0 Å². The second kappa shape index (κ2) is 6.96. The van der Waals surface area contributed by atoms with Crippen molar-refractivity contribution in [1.82, 2.24) is 19.5 Å². The normalized spacial score (nSPS) is 24.7. The van der Waals surface area contributed by atoms with Crippen LogP contribution >= 0.6 is 0 Å². The summed E-state index contributed by atoms with van der Waals surface area (Å²) >= 11 is 0. The van der Waals surface area contributed by atoms with Gasteiger partial charge < -0.3 is 14.5 Å². The average molecular weight is 439 g/mol. The van der Waals surface area contributed by atoms with E-state index in [4.69, 9.17) is 4.74 Å². The molecular formula is C23H23F2N5O2. The quantitative estimate of drug-likeness (QED) is 0.613. The van der Waals surface area contributed by atoms with E-state index in [1.807, 2.05) is 23.6 Å². The van der Waals surface area contributed by atoms with Crippen molar-refractivity contribution in [1.29, 1.82) is 0 Å². The number of hydrogen-bond acceptors (Lipinski definition) is 5. The van der Waals surface area contributed by atoms with Crippen LogP contribution in [-0.4, -0.2) is 50.3 Å². The number of ether oxygens (including phenoxy) is 1. The third kappa shape index (κ3) is 2.83. The lowest BCUT2D eigenvalue weighted by Gasteiger charge is -2.38. The Labute approximate surface area is 183 Å². The lowest BCUT2D eigenvalue weighted by Crippen LogP contribution is -2.50. The van der Waals surface area contributed by atoms with Gasteiger partial charge in [0.05, 0.1) is 6.04 Å². The number of amides is 1. The minimum absolute atomic E-state index is 0.0656. The van der Waals surface area contributed by atoms with E-state index in [0.29, 0.717) is 44.3 Å². The van der Waals surface area contributed by atoms with Gasteiger partial charge in [-0.3, -0.25) is 4.79 Å². The predicted molar refractivity (Wildman–Crippen MR) is 112 cm³/mol. The number of rotatable bonds is 2. The Kier molecular flexibility index (Phi) is 4.27. The van der Waals surface area contributed by atoms with E-state index in [2.05, 4.69) is 15.0 Å². The van der Waals surface area contributed by atoms with Crippen molar-refractivity contribution in [2.75, 3.05) is 18.0 Å². The number of carbonyl (C=O) groups excluding carboxylic acids is 1. The molecule has 3 fully saturated rings. The molecule has 1 amide bonds. The van der Waals surface area contributed by atoms with Gasteiger partial charge in [-0.1, -0.05) is 6.07 Å². The van der Waals surface area contributed by atoms with Crippen LogP contribution in [0.25, 0.3) is 5.65 Å². The molecule has 5 heterocycles. The highest BCUT2D eigenvalue weighted by Crippen LogP contribution is 2.48. The molecule has 1 aromatic carbocycles. The molecule has 0 bridgehead atoms. The van der Waals surface area contributed by atoms with Gasteiger partial charge in [0.2, 0.25) is 0 Å². The largest absolute Gasteiger partial charge is 0.356 e. The van der Waals surface area contributed by atoms with Gasteiger partial charge in [-0.25, -0.2) is 13.8 Å². The van der Waals surface area contributed by atoms with Crippen LogP contribution in [0.3, 0.4) is 0 Å². The maximum atomic E-state index is 13.8. The number of anilines is 1. The first kappa shape index (κ1) is 19.6. The van der Waals surface area contributed by atoms with Crippen LogP contribution < -0.4 is 4.90 Å². The maximum Gasteiger partial charge on any atom is 0.257 e. The van der Waals surface area contributed by atoms with E-state index in [0.717, 1.165) is 23.1 Å². The Balaban J connectivity index is 1.24. The molecule has 7 nitrogen and oxygen atoms in total. The highest BCUT2D eigenvalue weighted by atomic mass is 19.1. The zero-order valence-electron chi connectivity index (χ0n) is 17.7. The van der Waals surface area contributed by atoms with Gasteiger partial charge in [-0.2, -0.15) is 9.61 Å². The monoisotopic (exact) mass is 439 g/mol. The fourth-order valence-corrected chi connectivity index (χ4v) is 5.50. The zero-order chi connectivity index (χ0) is 22.0. The fraction of sp³-hybridized carbons (Fsp3) is 0.435. The molecule has 0 aliphatic carbocycles. The smallest absolute Gasteiger partial charge is 0.257 e. The third-order valence-electron chi connectivity index (χ3n) is 7.08. The molecule has 0 radical (unpaired) electrons. The third-order valence-corrected chi connectivity index (χ3v) is 7.08. The second-order valence-electron chi connectivity index (χ2n) is 8.93. The van der Waals surface area contributed by atoms with Crippen molar-refractivity contribution >= 4 is 17.4 Å². The topological polar surface area (TPSA) is 63.0 Å². The summed E-state index contributed by atoms with van der Waals surface area (Å²) < 4.78 is 35.8. The molecule has 3 aliphatic rings. The van der Waals surface area contributed by atoms with Crippen molar-refractivity contribution in [3.05, 3.63) is 59.4 Å². The first-order chi connectivity index (χ1) is 15.4. The minimum Gasteiger partial charge on any atom is -0.356 e. The molecular weight excluding hydrogens is 416 g/mol. The van der Waals surface area contributed by atoms with Gasteiger partial charge in [-0.05, 0) is 49.1 Å². The number of carbonyl (C=O) groups is 1. The van der Waals surface area contributed by atoms with Gasteiger partial charge in [0.15, 0.2) is 11.2 Å². The fourth-order valence-electron chi connectivity index (χ4n) is 5.50. The Morgan fingerprint density at radius 2 is 1.84 bits per heavy atom. The summed E-state index contributed by atoms with van der Waals surface area (Å²) in [7, 11) is 0. The van der Waals surface area contributed by atoms with Crippen LogP contribution in [0.15, 0.2) is 36.7 Å². The molecule has 2 atom stereocenters. The summed E-state index contributed by atoms with van der Waals surface area (Å²) in [6.45, 7) is 3.28. The van der Waals surface area contributed by atoms with E-state index >= 15 is 0 Å². The van der Waals surface area contributed by atoms with E-state index in [1.54, 1.807) is 11.2 Å². The van der Waals surface area contributed by atoms with E-state index < -0.39 is 17.2 Å². The number of pyridine rings is 1. The van der Waals surface area contributed by atoms with Gasteiger partial charge in [0, 0.05) is 32.0 Å². The highest BCUT2D eigenvalue weighted by Gasteiger charge is 2.58. The van der Waals surface area contributed by atoms with Crippen LogP contribution in [0, 0.1) is 18.6 Å². The number of fused-ring (bicyclic) bond motifs is 2. The molecule has 3 aliphatic heterocycles. The van der Waals surface area contributed by atoms with Crippen LogP contribution in [0.2, 0.25) is 0 Å². The molecule has 3 saturated heterocycles. The molecule has 6 rings (SSSR count). The summed E-state index contributed by atoms with van der Waals surface area (Å²) in [6, 6.07) is 7.18. The molecule has 2 aromatic heterocycles. The summed E-state index contributed by atoms with van der Waals surface area (Å²) in [5.41, 5.74) is 1.48. The van der Waals surface area contributed by atoms with E-state index in [9.17, 15) is 13.6 Å². The van der Waals surface area contributed by atoms with Crippen molar-refractivity contribution in [2.24, 2.45) is 0 Å². The molecule has 166 valence electrons. The molecule has 3 aromatic rings. The van der Waals surface area contributed by atoms with Crippen LogP contribution in [-0.2, 0) is 9.53 Å². The minimum atomic E-state index is -0.877. The van der Waals surface area contributed by atoms with E-state index in [1.165, 1.54) is 12.1 Å². The molecule has 1 spiro atoms. The number of piperidine rings is 1. The molecule has 0 saturated carbocycles. The Morgan fingerprint density at radius 3 is 2.59 bits per heavy atom. The summed E-state index contributed by atoms with van der Waals surface area (Å²) in [5, 5.41) is 4.36. The summed E-state index contributed by atoms with van der Waals surface area (Å²) in [4.78, 5) is 21.8. The lowest BCUT2D eigenvalue weighted by atomic mass is 9.89. The van der Waals surface area contributed by atoms with Crippen LogP contribution in [0.1, 0.15) is 42.9 Å². The number of aromatic nitrogens is 3. The van der Waals surface area contributed by atoms with Crippen molar-refractivity contribution in [3.8, 4) is 0 Å². The number of halogens is 2. The molecule has 0 unspecified atom stereocenters. The van der Waals surface area contributed by atoms with Crippen molar-refractivity contribution < 1.29 is 18.3 Å². The lowest BCUT2D eigenvalue weighted by molar-refractivity contribution is -0.140. The number of nitrogens with zero attached hydrogens (tertiary/aromatic N) is 5. The molecule has 9 heteroatoms. The number of aryl methyl sites for hydroxylation is 1. The number of hydrogen-bond donors (Lipinski definition) is 0. The predicted octanol–water partition coefficient (Wildman–Crippen LogP) is 3.37. The van der Waals surface area contributed by atoms with E-state index in [-0.39, 0.29) is 18.2 Å². The van der Waals surface area contributed by atoms with Crippen molar-refractivity contribution in [2.45, 2.75) is 50.5 Å². The molecule has 0 N–H and O–H groups in total. The highest BCUT2D eigenvalue weighted by molar-refractivity contribution is 5.88. The Morgan fingerprint density at radius 1 is 1.09 bits per heavy atom. The van der Waals surface area contributed by atoms with Gasteiger partial charge in [-0.15, -0.1) is 0 Å². The maximum absolute atomic E-state index is 13.8. The Hall–Kier alpha value is -3.07. The number of benzene rings is 1. The molecule has 32 heavy (non-hydrogen) atoms.